The summed E-state index contributed by atoms with van der Waals surface area (Å²) in [6, 6.07) is 0.674. The van der Waals surface area contributed by atoms with Gasteiger partial charge in [0.2, 0.25) is 0 Å². The van der Waals surface area contributed by atoms with Gasteiger partial charge < -0.3 is 4.90 Å². The highest BCUT2D eigenvalue weighted by Gasteiger charge is 2.19. The van der Waals surface area contributed by atoms with E-state index in [1.807, 2.05) is 6.92 Å². The van der Waals surface area contributed by atoms with E-state index in [0.717, 1.165) is 6.54 Å². The van der Waals surface area contributed by atoms with Crippen LogP contribution in [0.5, 0.6) is 0 Å². The molecule has 2 atom stereocenters. The molecule has 0 unspecified atom stereocenters. The molecule has 0 aromatic heterocycles. The third-order valence-corrected chi connectivity index (χ3v) is 2.75. The van der Waals surface area contributed by atoms with E-state index in [1.54, 1.807) is 0 Å². The molecule has 0 aromatic carbocycles. The molecule has 0 spiro atoms. The van der Waals surface area contributed by atoms with E-state index < -0.39 is 0 Å². The first-order valence-corrected chi connectivity index (χ1v) is 5.04. The van der Waals surface area contributed by atoms with Crippen LogP contribution in [0, 0.1) is 5.92 Å². The molecule has 12 heavy (non-hydrogen) atoms. The van der Waals surface area contributed by atoms with Crippen LogP contribution in [-0.4, -0.2) is 30.7 Å². The predicted octanol–water partition coefficient (Wildman–Crippen LogP) is 2.47. The molecular weight excluding hydrogens is 153 g/mol. The fraction of sp³-hybridized carbons (Fsp3) is 1.00. The van der Waals surface area contributed by atoms with E-state index in [1.165, 1.54) is 25.8 Å². The minimum absolute atomic E-state index is 0.177. The Labute approximate surface area is 74.9 Å². The van der Waals surface area contributed by atoms with Crippen LogP contribution in [0.3, 0.4) is 0 Å². The second kappa shape index (κ2) is 4.80. The van der Waals surface area contributed by atoms with Gasteiger partial charge in [-0.2, -0.15) is 0 Å². The Morgan fingerprint density at radius 2 is 2.25 bits per heavy atom. The van der Waals surface area contributed by atoms with Crippen molar-refractivity contribution in [2.45, 2.75) is 39.2 Å². The van der Waals surface area contributed by atoms with Crippen LogP contribution in [0.2, 0.25) is 0 Å². The van der Waals surface area contributed by atoms with Crippen molar-refractivity contribution in [2.24, 2.45) is 5.92 Å². The van der Waals surface area contributed by atoms with Gasteiger partial charge in [0.05, 0.1) is 6.67 Å². The van der Waals surface area contributed by atoms with Crippen molar-refractivity contribution in [3.8, 4) is 0 Å². The summed E-state index contributed by atoms with van der Waals surface area (Å²) in [6.07, 6.45) is 3.93. The number of hydrogen-bond acceptors (Lipinski definition) is 1. The maximum absolute atomic E-state index is 12.2. The van der Waals surface area contributed by atoms with Crippen molar-refractivity contribution >= 4 is 0 Å². The lowest BCUT2D eigenvalue weighted by Crippen LogP contribution is -2.40. The monoisotopic (exact) mass is 173 g/mol. The molecule has 2 heteroatoms. The Morgan fingerprint density at radius 1 is 1.50 bits per heavy atom. The third kappa shape index (κ3) is 2.74. The molecule has 1 fully saturated rings. The topological polar surface area (TPSA) is 3.24 Å². The average molecular weight is 173 g/mol. The second-order valence-electron chi connectivity index (χ2n) is 4.10. The van der Waals surface area contributed by atoms with Gasteiger partial charge >= 0.3 is 0 Å². The number of rotatable bonds is 3. The molecule has 0 aliphatic carbocycles. The molecule has 1 nitrogen and oxygen atoms in total. The summed E-state index contributed by atoms with van der Waals surface area (Å²) in [5, 5.41) is 0. The molecule has 1 heterocycles. The SMILES string of the molecule is C[C@H](CF)CN1CCCC[C@H]1C. The zero-order valence-corrected chi connectivity index (χ0v) is 8.22. The maximum Gasteiger partial charge on any atom is 0.0932 e. The van der Waals surface area contributed by atoms with Gasteiger partial charge in [-0.15, -0.1) is 0 Å². The van der Waals surface area contributed by atoms with E-state index in [0.29, 0.717) is 6.04 Å². The van der Waals surface area contributed by atoms with Gasteiger partial charge in [0.25, 0.3) is 0 Å². The highest BCUT2D eigenvalue weighted by atomic mass is 19.1. The first-order valence-electron chi connectivity index (χ1n) is 5.04. The molecule has 1 rings (SSSR count). The lowest BCUT2D eigenvalue weighted by Gasteiger charge is -2.34. The van der Waals surface area contributed by atoms with Gasteiger partial charge in [-0.05, 0) is 32.2 Å². The second-order valence-corrected chi connectivity index (χ2v) is 4.10. The summed E-state index contributed by atoms with van der Waals surface area (Å²) in [4.78, 5) is 2.42. The minimum atomic E-state index is -0.177. The van der Waals surface area contributed by atoms with E-state index in [2.05, 4.69) is 11.8 Å². The lowest BCUT2D eigenvalue weighted by molar-refractivity contribution is 0.132. The van der Waals surface area contributed by atoms with Crippen molar-refractivity contribution in [1.29, 1.82) is 0 Å². The Kier molecular flexibility index (Phi) is 3.99. The van der Waals surface area contributed by atoms with Crippen LogP contribution >= 0.6 is 0 Å². The molecule has 0 saturated carbocycles. The van der Waals surface area contributed by atoms with Gasteiger partial charge in [0.15, 0.2) is 0 Å². The van der Waals surface area contributed by atoms with Crippen molar-refractivity contribution < 1.29 is 4.39 Å². The van der Waals surface area contributed by atoms with Crippen LogP contribution in [0.1, 0.15) is 33.1 Å². The zero-order chi connectivity index (χ0) is 8.97. The molecule has 0 amide bonds. The largest absolute Gasteiger partial charge is 0.300 e. The smallest absolute Gasteiger partial charge is 0.0932 e. The van der Waals surface area contributed by atoms with Crippen LogP contribution < -0.4 is 0 Å². The fourth-order valence-corrected chi connectivity index (χ4v) is 1.88. The van der Waals surface area contributed by atoms with Crippen LogP contribution in [0.15, 0.2) is 0 Å². The normalized spacial score (nSPS) is 28.8. The Balaban J connectivity index is 2.28. The van der Waals surface area contributed by atoms with Gasteiger partial charge in [-0.1, -0.05) is 13.3 Å². The van der Waals surface area contributed by atoms with Crippen LogP contribution in [0.25, 0.3) is 0 Å². The molecule has 72 valence electrons. The van der Waals surface area contributed by atoms with Crippen molar-refractivity contribution in [3.05, 3.63) is 0 Å². The van der Waals surface area contributed by atoms with E-state index >= 15 is 0 Å². The van der Waals surface area contributed by atoms with Gasteiger partial charge in [0, 0.05) is 12.6 Å². The molecule has 0 N–H and O–H groups in total. The zero-order valence-electron chi connectivity index (χ0n) is 8.22. The number of piperidine rings is 1. The third-order valence-electron chi connectivity index (χ3n) is 2.75. The molecule has 1 aliphatic heterocycles. The maximum atomic E-state index is 12.2. The molecule has 0 aromatic rings. The summed E-state index contributed by atoms with van der Waals surface area (Å²) in [7, 11) is 0. The van der Waals surface area contributed by atoms with Crippen LogP contribution in [-0.2, 0) is 0 Å². The predicted molar refractivity (Wildman–Crippen MR) is 50.0 cm³/mol. The first kappa shape index (κ1) is 9.97. The Hall–Kier alpha value is -0.110. The number of nitrogens with zero attached hydrogens (tertiary/aromatic N) is 1. The lowest BCUT2D eigenvalue weighted by atomic mass is 10.0. The molecule has 1 aliphatic rings. The highest BCUT2D eigenvalue weighted by Crippen LogP contribution is 2.17. The molecule has 1 saturated heterocycles. The summed E-state index contributed by atoms with van der Waals surface area (Å²) in [5.74, 6) is 0.213. The number of hydrogen-bond donors (Lipinski definition) is 0. The average Bonchev–Trinajstić information content (AvgIpc) is 2.09. The van der Waals surface area contributed by atoms with E-state index in [-0.39, 0.29) is 12.6 Å². The number of likely N-dealkylation sites (tertiary alicyclic amines) is 1. The summed E-state index contributed by atoms with van der Waals surface area (Å²) in [6.45, 7) is 6.18. The quantitative estimate of drug-likeness (QED) is 0.633. The molecule has 0 radical (unpaired) electrons. The summed E-state index contributed by atoms with van der Waals surface area (Å²) >= 11 is 0. The van der Waals surface area contributed by atoms with Crippen molar-refractivity contribution in [1.82, 2.24) is 4.90 Å². The summed E-state index contributed by atoms with van der Waals surface area (Å²) in [5.41, 5.74) is 0. The Morgan fingerprint density at radius 3 is 2.83 bits per heavy atom. The highest BCUT2D eigenvalue weighted by molar-refractivity contribution is 4.74. The number of alkyl halides is 1. The van der Waals surface area contributed by atoms with Crippen LogP contribution in [0.4, 0.5) is 4.39 Å². The van der Waals surface area contributed by atoms with Crippen molar-refractivity contribution in [3.63, 3.8) is 0 Å². The Bertz CT molecular complexity index is 127. The van der Waals surface area contributed by atoms with E-state index in [4.69, 9.17) is 0 Å². The molecular formula is C10H20FN. The van der Waals surface area contributed by atoms with E-state index in [9.17, 15) is 4.39 Å². The fourth-order valence-electron chi connectivity index (χ4n) is 1.88. The van der Waals surface area contributed by atoms with Gasteiger partial charge in [-0.25, -0.2) is 0 Å². The first-order chi connectivity index (χ1) is 5.74. The minimum Gasteiger partial charge on any atom is -0.300 e. The van der Waals surface area contributed by atoms with Gasteiger partial charge in [0.1, 0.15) is 0 Å². The number of halogens is 1. The standard InChI is InChI=1S/C10H20FN/c1-9(7-11)8-12-6-4-3-5-10(12)2/h9-10H,3-8H2,1-2H3/t9-,10-/m1/s1. The van der Waals surface area contributed by atoms with Gasteiger partial charge in [-0.3, -0.25) is 4.39 Å². The van der Waals surface area contributed by atoms with Crippen molar-refractivity contribution in [2.75, 3.05) is 19.8 Å². The molecule has 0 bridgehead atoms. The summed E-state index contributed by atoms with van der Waals surface area (Å²) < 4.78 is 12.2.